The highest BCUT2D eigenvalue weighted by atomic mass is 16.4. The summed E-state index contributed by atoms with van der Waals surface area (Å²) in [5, 5.41) is 26.1. The average molecular weight is 160 g/mol. The van der Waals surface area contributed by atoms with Gasteiger partial charge in [0.15, 0.2) is 0 Å². The van der Waals surface area contributed by atoms with Crippen molar-refractivity contribution in [3.05, 3.63) is 12.7 Å². The van der Waals surface area contributed by atoms with Gasteiger partial charge in [0, 0.05) is 6.42 Å². The lowest BCUT2D eigenvalue weighted by atomic mass is 10.1. The number of hydrogen-bond acceptors (Lipinski definition) is 3. The summed E-state index contributed by atoms with van der Waals surface area (Å²) in [5.74, 6) is -0.986. The zero-order valence-electron chi connectivity index (χ0n) is 6.10. The fourth-order valence-electron chi connectivity index (χ4n) is 0.599. The smallest absolute Gasteiger partial charge is 0.303 e. The molecule has 11 heavy (non-hydrogen) atoms. The minimum Gasteiger partial charge on any atom is -0.481 e. The maximum Gasteiger partial charge on any atom is 0.303 e. The Morgan fingerprint density at radius 1 is 1.55 bits per heavy atom. The van der Waals surface area contributed by atoms with Crippen LogP contribution in [-0.4, -0.2) is 33.5 Å². The van der Waals surface area contributed by atoms with Crippen LogP contribution < -0.4 is 0 Å². The van der Waals surface area contributed by atoms with Gasteiger partial charge in [-0.05, 0) is 6.42 Å². The first-order chi connectivity index (χ1) is 5.07. The van der Waals surface area contributed by atoms with E-state index in [1.807, 2.05) is 0 Å². The van der Waals surface area contributed by atoms with E-state index in [1.54, 1.807) is 0 Å². The molecule has 0 spiro atoms. The molecule has 4 heteroatoms. The van der Waals surface area contributed by atoms with E-state index in [9.17, 15) is 4.79 Å². The molecule has 0 aliphatic heterocycles. The Labute approximate surface area is 64.8 Å². The third-order valence-electron chi connectivity index (χ3n) is 1.29. The van der Waals surface area contributed by atoms with Crippen molar-refractivity contribution in [2.24, 2.45) is 0 Å². The molecule has 0 aromatic carbocycles. The molecule has 0 heterocycles. The minimum absolute atomic E-state index is 0.0442. The van der Waals surface area contributed by atoms with Gasteiger partial charge in [-0.25, -0.2) is 0 Å². The van der Waals surface area contributed by atoms with Crippen LogP contribution in [-0.2, 0) is 4.79 Å². The number of carboxylic acid groups (broad SMARTS) is 1. The Balaban J connectivity index is 3.59. The molecule has 0 bridgehead atoms. The van der Waals surface area contributed by atoms with Crippen LogP contribution in [0.25, 0.3) is 0 Å². The van der Waals surface area contributed by atoms with E-state index >= 15 is 0 Å². The quantitative estimate of drug-likeness (QED) is 0.485. The summed E-state index contributed by atoms with van der Waals surface area (Å²) in [6, 6.07) is 0. The van der Waals surface area contributed by atoms with Crippen molar-refractivity contribution in [2.75, 3.05) is 0 Å². The van der Waals surface area contributed by atoms with E-state index in [0.29, 0.717) is 0 Å². The van der Waals surface area contributed by atoms with Gasteiger partial charge in [-0.3, -0.25) is 4.79 Å². The molecule has 0 saturated heterocycles. The van der Waals surface area contributed by atoms with Crippen molar-refractivity contribution in [1.29, 1.82) is 0 Å². The van der Waals surface area contributed by atoms with Gasteiger partial charge in [0.2, 0.25) is 0 Å². The molecule has 0 aromatic heterocycles. The topological polar surface area (TPSA) is 77.8 Å². The predicted octanol–water partition coefficient (Wildman–Crippen LogP) is -0.241. The molecule has 2 atom stereocenters. The molecule has 0 radical (unpaired) electrons. The van der Waals surface area contributed by atoms with E-state index in [-0.39, 0.29) is 12.8 Å². The molecular formula is C7H12O4. The molecule has 3 N–H and O–H groups in total. The summed E-state index contributed by atoms with van der Waals surface area (Å²) < 4.78 is 0. The third-order valence-corrected chi connectivity index (χ3v) is 1.29. The van der Waals surface area contributed by atoms with Gasteiger partial charge < -0.3 is 15.3 Å². The summed E-state index contributed by atoms with van der Waals surface area (Å²) >= 11 is 0. The second-order valence-corrected chi connectivity index (χ2v) is 2.23. The molecule has 0 aliphatic carbocycles. The van der Waals surface area contributed by atoms with Crippen LogP contribution in [0.5, 0.6) is 0 Å². The number of carboxylic acids is 1. The first-order valence-electron chi connectivity index (χ1n) is 3.28. The number of aliphatic carboxylic acids is 1. The average Bonchev–Trinajstić information content (AvgIpc) is 1.98. The summed E-state index contributed by atoms with van der Waals surface area (Å²) in [5.41, 5.74) is 0. The summed E-state index contributed by atoms with van der Waals surface area (Å²) in [4.78, 5) is 10.00. The van der Waals surface area contributed by atoms with Gasteiger partial charge in [-0.15, -0.1) is 6.58 Å². The Morgan fingerprint density at radius 2 is 2.09 bits per heavy atom. The van der Waals surface area contributed by atoms with Crippen LogP contribution in [0, 0.1) is 0 Å². The van der Waals surface area contributed by atoms with E-state index in [4.69, 9.17) is 15.3 Å². The second-order valence-electron chi connectivity index (χ2n) is 2.23. The van der Waals surface area contributed by atoms with Gasteiger partial charge in [-0.1, -0.05) is 6.08 Å². The summed E-state index contributed by atoms with van der Waals surface area (Å²) in [6.07, 6.45) is -0.987. The van der Waals surface area contributed by atoms with Crippen molar-refractivity contribution in [2.45, 2.75) is 25.0 Å². The zero-order valence-corrected chi connectivity index (χ0v) is 6.10. The van der Waals surface area contributed by atoms with Crippen LogP contribution in [0.2, 0.25) is 0 Å². The molecule has 0 amide bonds. The maximum atomic E-state index is 10.00. The molecule has 0 aromatic rings. The molecule has 64 valence electrons. The zero-order chi connectivity index (χ0) is 8.85. The Kier molecular flexibility index (Phi) is 4.49. The van der Waals surface area contributed by atoms with Crippen LogP contribution in [0.4, 0.5) is 0 Å². The van der Waals surface area contributed by atoms with E-state index in [2.05, 4.69) is 6.58 Å². The maximum absolute atomic E-state index is 10.00. The summed E-state index contributed by atoms with van der Waals surface area (Å²) in [6.45, 7) is 3.25. The standard InChI is InChI=1S/C7H12O4/c1-2-5(8)6(9)3-4-7(10)11/h2,5-6,8-9H,1,3-4H2,(H,10,11). The van der Waals surface area contributed by atoms with E-state index < -0.39 is 18.2 Å². The first-order valence-corrected chi connectivity index (χ1v) is 3.28. The van der Waals surface area contributed by atoms with Crippen molar-refractivity contribution < 1.29 is 20.1 Å². The van der Waals surface area contributed by atoms with Crippen LogP contribution in [0.3, 0.4) is 0 Å². The highest BCUT2D eigenvalue weighted by Gasteiger charge is 2.13. The van der Waals surface area contributed by atoms with Crippen LogP contribution in [0.15, 0.2) is 12.7 Å². The number of aliphatic hydroxyl groups excluding tert-OH is 2. The van der Waals surface area contributed by atoms with Gasteiger partial charge in [0.05, 0.1) is 12.2 Å². The normalized spacial score (nSPS) is 15.5. The van der Waals surface area contributed by atoms with Crippen LogP contribution >= 0.6 is 0 Å². The fourth-order valence-corrected chi connectivity index (χ4v) is 0.599. The molecule has 0 aliphatic rings. The largest absolute Gasteiger partial charge is 0.481 e. The molecule has 4 nitrogen and oxygen atoms in total. The number of aliphatic hydroxyl groups is 2. The van der Waals surface area contributed by atoms with Gasteiger partial charge in [0.1, 0.15) is 0 Å². The lowest BCUT2D eigenvalue weighted by Gasteiger charge is -2.11. The van der Waals surface area contributed by atoms with Gasteiger partial charge in [0.25, 0.3) is 0 Å². The first kappa shape index (κ1) is 10.1. The van der Waals surface area contributed by atoms with Gasteiger partial charge in [-0.2, -0.15) is 0 Å². The highest BCUT2D eigenvalue weighted by molar-refractivity contribution is 5.66. The lowest BCUT2D eigenvalue weighted by molar-refractivity contribution is -0.137. The molecule has 0 rings (SSSR count). The second kappa shape index (κ2) is 4.87. The fraction of sp³-hybridized carbons (Fsp3) is 0.571. The van der Waals surface area contributed by atoms with E-state index in [1.165, 1.54) is 6.08 Å². The Hall–Kier alpha value is -0.870. The Morgan fingerprint density at radius 3 is 2.45 bits per heavy atom. The monoisotopic (exact) mass is 160 g/mol. The number of carbonyl (C=O) groups is 1. The SMILES string of the molecule is C=CC(O)C(O)CCC(=O)O. The lowest BCUT2D eigenvalue weighted by Crippen LogP contribution is -2.24. The minimum atomic E-state index is -1.03. The molecule has 2 unspecified atom stereocenters. The Bertz CT molecular complexity index is 143. The third kappa shape index (κ3) is 4.52. The van der Waals surface area contributed by atoms with Gasteiger partial charge >= 0.3 is 5.97 Å². The van der Waals surface area contributed by atoms with E-state index in [0.717, 1.165) is 0 Å². The molecule has 0 fully saturated rings. The predicted molar refractivity (Wildman–Crippen MR) is 39.1 cm³/mol. The molecular weight excluding hydrogens is 148 g/mol. The van der Waals surface area contributed by atoms with Crippen molar-refractivity contribution >= 4 is 5.97 Å². The van der Waals surface area contributed by atoms with Crippen LogP contribution in [0.1, 0.15) is 12.8 Å². The van der Waals surface area contributed by atoms with Crippen molar-refractivity contribution in [3.8, 4) is 0 Å². The number of rotatable bonds is 5. The molecule has 0 saturated carbocycles. The van der Waals surface area contributed by atoms with Crippen molar-refractivity contribution in [1.82, 2.24) is 0 Å². The van der Waals surface area contributed by atoms with Crippen molar-refractivity contribution in [3.63, 3.8) is 0 Å². The number of hydrogen-bond donors (Lipinski definition) is 3. The highest BCUT2D eigenvalue weighted by Crippen LogP contribution is 2.02. The summed E-state index contributed by atoms with van der Waals surface area (Å²) in [7, 11) is 0.